The lowest BCUT2D eigenvalue weighted by atomic mass is 10.1. The zero-order valence-corrected chi connectivity index (χ0v) is 37.3. The molecule has 3 aliphatic heterocycles. The summed E-state index contributed by atoms with van der Waals surface area (Å²) in [6, 6.07) is 22.2. The molecule has 1 saturated heterocycles. The third-order valence-corrected chi connectivity index (χ3v) is 12.1. The van der Waals surface area contributed by atoms with E-state index in [1.165, 1.54) is 25.8 Å². The summed E-state index contributed by atoms with van der Waals surface area (Å²) in [5.74, 6) is 0.00321. The maximum atomic E-state index is 13.7. The Hall–Kier alpha value is -5.47. The topological polar surface area (TPSA) is 204 Å². The first-order valence-electron chi connectivity index (χ1n) is 20.1. The lowest BCUT2D eigenvalue weighted by Crippen LogP contribution is -2.51. The van der Waals surface area contributed by atoms with Gasteiger partial charge in [-0.25, -0.2) is 33.0 Å². The number of aliphatic hydroxyl groups is 2. The monoisotopic (exact) mass is 919 g/mol. The molecule has 0 saturated carbocycles. The number of hydrogen-bond acceptors (Lipinski definition) is 13. The summed E-state index contributed by atoms with van der Waals surface area (Å²) in [7, 11) is -3.86. The molecule has 0 bridgehead atoms. The molecule has 5 aromatic rings. The van der Waals surface area contributed by atoms with Crippen molar-refractivity contribution in [2.45, 2.75) is 75.7 Å². The Morgan fingerprint density at radius 3 is 1.94 bits per heavy atom. The largest absolute Gasteiger partial charge is 0.394 e. The Kier molecular flexibility index (Phi) is 13.8. The van der Waals surface area contributed by atoms with Crippen molar-refractivity contribution >= 4 is 74.1 Å². The van der Waals surface area contributed by atoms with Crippen LogP contribution in [0.15, 0.2) is 96.4 Å². The van der Waals surface area contributed by atoms with Gasteiger partial charge in [0.25, 0.3) is 0 Å². The van der Waals surface area contributed by atoms with E-state index in [0.29, 0.717) is 49.9 Å². The molecule has 2 atom stereocenters. The van der Waals surface area contributed by atoms with Crippen molar-refractivity contribution in [3.63, 3.8) is 0 Å². The van der Waals surface area contributed by atoms with Gasteiger partial charge < -0.3 is 25.0 Å². The number of rotatable bonds is 12. The highest BCUT2D eigenvalue weighted by molar-refractivity contribution is 7.90. The molecule has 3 N–H and O–H groups in total. The summed E-state index contributed by atoms with van der Waals surface area (Å²) >= 11 is 12.7. The predicted octanol–water partition coefficient (Wildman–Crippen LogP) is 6.45. The van der Waals surface area contributed by atoms with Crippen molar-refractivity contribution in [2.24, 2.45) is 0 Å². The molecular formula is C43H47Cl2N9O8S. The summed E-state index contributed by atoms with van der Waals surface area (Å²) in [6.45, 7) is 7.74. The first-order valence-corrected chi connectivity index (χ1v) is 22.5. The van der Waals surface area contributed by atoms with Crippen molar-refractivity contribution in [2.75, 3.05) is 51.2 Å². The molecule has 17 nitrogen and oxygen atoms in total. The van der Waals surface area contributed by atoms with Crippen LogP contribution in [0.5, 0.6) is 0 Å². The van der Waals surface area contributed by atoms with Crippen molar-refractivity contribution < 1.29 is 37.7 Å². The van der Waals surface area contributed by atoms with Crippen LogP contribution in [-0.4, -0.2) is 101 Å². The van der Waals surface area contributed by atoms with Crippen LogP contribution in [-0.2, 0) is 38.2 Å². The normalized spacial score (nSPS) is 17.6. The molecule has 332 valence electrons. The molecule has 3 aromatic carbocycles. The fourth-order valence-electron chi connectivity index (χ4n) is 7.13. The van der Waals surface area contributed by atoms with Crippen LogP contribution < -0.4 is 24.9 Å². The fraction of sp³-hybridized carbons (Fsp3) is 0.349. The van der Waals surface area contributed by atoms with E-state index in [2.05, 4.69) is 25.3 Å². The fourth-order valence-corrected chi connectivity index (χ4v) is 8.80. The van der Waals surface area contributed by atoms with Gasteiger partial charge in [-0.3, -0.25) is 19.6 Å². The van der Waals surface area contributed by atoms with E-state index < -0.39 is 40.5 Å². The maximum Gasteiger partial charge on any atom is 0.330 e. The number of anilines is 5. The second-order valence-corrected chi connectivity index (χ2v) is 18.4. The van der Waals surface area contributed by atoms with Gasteiger partial charge >= 0.3 is 12.1 Å². The highest BCUT2D eigenvalue weighted by Crippen LogP contribution is 2.37. The number of benzene rings is 3. The number of halogens is 2. The molecule has 5 heterocycles. The number of aromatic nitrogens is 4. The highest BCUT2D eigenvalue weighted by atomic mass is 35.5. The molecule has 0 unspecified atom stereocenters. The highest BCUT2D eigenvalue weighted by Gasteiger charge is 2.40. The molecule has 0 spiro atoms. The number of carbonyl (C=O) groups excluding carboxylic acids is 2. The molecule has 0 radical (unpaired) electrons. The van der Waals surface area contributed by atoms with Crippen molar-refractivity contribution in [1.82, 2.24) is 19.9 Å². The van der Waals surface area contributed by atoms with Gasteiger partial charge in [0, 0.05) is 29.6 Å². The maximum absolute atomic E-state index is 13.7. The third-order valence-electron chi connectivity index (χ3n) is 9.99. The van der Waals surface area contributed by atoms with Gasteiger partial charge in [-0.2, -0.15) is 4.98 Å². The first-order chi connectivity index (χ1) is 30.0. The van der Waals surface area contributed by atoms with Gasteiger partial charge in [0.1, 0.15) is 17.7 Å². The number of hydrogen-bond donors (Lipinski definition) is 3. The van der Waals surface area contributed by atoms with Gasteiger partial charge in [-0.1, -0.05) is 77.8 Å². The Labute approximate surface area is 375 Å². The van der Waals surface area contributed by atoms with E-state index in [1.54, 1.807) is 92.8 Å². The third kappa shape index (κ3) is 10.5. The van der Waals surface area contributed by atoms with Gasteiger partial charge in [-0.15, -0.1) is 0 Å². The number of fused-ring (bicyclic) bond motifs is 2. The van der Waals surface area contributed by atoms with Crippen LogP contribution in [0.4, 0.5) is 38.5 Å². The molecule has 20 heteroatoms. The number of sulfone groups is 1. The van der Waals surface area contributed by atoms with Crippen LogP contribution in [0.25, 0.3) is 0 Å². The average Bonchev–Trinajstić information content (AvgIpc) is 3.60. The van der Waals surface area contributed by atoms with Crippen molar-refractivity contribution in [1.29, 1.82) is 0 Å². The van der Waals surface area contributed by atoms with Crippen LogP contribution in [0, 0.1) is 0 Å². The lowest BCUT2D eigenvalue weighted by Gasteiger charge is -2.37. The lowest BCUT2D eigenvalue weighted by molar-refractivity contribution is -0.137. The molecule has 63 heavy (non-hydrogen) atoms. The van der Waals surface area contributed by atoms with E-state index in [-0.39, 0.29) is 61.6 Å². The Morgan fingerprint density at radius 1 is 0.825 bits per heavy atom. The number of carbonyl (C=O) groups is 2. The second kappa shape index (κ2) is 19.1. The summed E-state index contributed by atoms with van der Waals surface area (Å²) in [4.78, 5) is 50.0. The number of β-amino-alcohol motifs (C(OH)–C–C–N with tert-alkyl or cyclic N) is 1. The molecule has 2 aromatic heterocycles. The summed E-state index contributed by atoms with van der Waals surface area (Å²) in [6.07, 6.45) is 1.59. The van der Waals surface area contributed by atoms with Crippen LogP contribution >= 0.6 is 23.2 Å². The molecule has 4 amide bonds. The number of amides is 4. The molecule has 1 fully saturated rings. The minimum Gasteiger partial charge on any atom is -0.394 e. The summed E-state index contributed by atoms with van der Waals surface area (Å²) in [5.41, 5.74) is 3.02. The summed E-state index contributed by atoms with van der Waals surface area (Å²) < 4.78 is 37.9. The minimum absolute atomic E-state index is 0.0958. The Balaban J connectivity index is 0.000000197. The van der Waals surface area contributed by atoms with Gasteiger partial charge in [0.2, 0.25) is 20.9 Å². The Morgan fingerprint density at radius 2 is 1.38 bits per heavy atom. The summed E-state index contributed by atoms with van der Waals surface area (Å²) in [5, 5.41) is 22.8. The smallest absolute Gasteiger partial charge is 0.330 e. The quantitative estimate of drug-likeness (QED) is 0.115. The SMILES string of the molecule is CC(C)Nc1ncc2c(n1)N(C[C@H](O)CO)C(=O)N(c1ccccc1Cl)C2.CC1(C)OC[C@H](CN2C(=O)N(c3ccccc3Cl)Cc3cnc(S(=O)(=O)Cc4ccccc4)nc32)O1. The number of urea groups is 2. The van der Waals surface area contributed by atoms with E-state index in [9.17, 15) is 28.2 Å². The number of aliphatic hydroxyl groups excluding tert-OH is 2. The number of para-hydroxylation sites is 2. The van der Waals surface area contributed by atoms with Crippen LogP contribution in [0.2, 0.25) is 10.0 Å². The number of ether oxygens (including phenoxy) is 2. The standard InChI is InChI=1S/C25H25ClN4O5S.C18H22ClN5O3/c1-25(2)34-15-19(35-25)14-30-22-18(13-29(24(30)31)21-11-7-6-10-20(21)26)12-27-23(28-22)36(32,33)16-17-8-4-3-5-9-17;1-11(2)21-17-20-7-12-8-23(15-6-4-3-5-14(15)19)18(27)24(16(12)22-17)9-13(26)10-25/h3-12,19H,13-16H2,1-2H3;3-7,11,13,25-26H,8-10H2,1-2H3,(H,20,21,22)/t19-;13-/m00/s1. The van der Waals surface area contributed by atoms with Gasteiger partial charge in [0.05, 0.1) is 72.7 Å². The zero-order chi connectivity index (χ0) is 45.1. The number of nitrogens with zero attached hydrogens (tertiary/aromatic N) is 8. The molecule has 0 aliphatic carbocycles. The van der Waals surface area contributed by atoms with E-state index in [1.807, 2.05) is 19.9 Å². The van der Waals surface area contributed by atoms with Gasteiger partial charge in [0.15, 0.2) is 5.79 Å². The predicted molar refractivity (Wildman–Crippen MR) is 239 cm³/mol. The second-order valence-electron chi connectivity index (χ2n) is 15.7. The van der Waals surface area contributed by atoms with E-state index in [4.69, 9.17) is 32.7 Å². The molecule has 3 aliphatic rings. The molecule has 8 rings (SSSR count). The van der Waals surface area contributed by atoms with Crippen molar-refractivity contribution in [3.8, 4) is 0 Å². The number of nitrogens with one attached hydrogen (secondary N) is 1. The van der Waals surface area contributed by atoms with E-state index >= 15 is 0 Å². The average molecular weight is 921 g/mol. The van der Waals surface area contributed by atoms with E-state index in [0.717, 1.165) is 0 Å². The van der Waals surface area contributed by atoms with Crippen molar-refractivity contribution in [3.05, 3.63) is 118 Å². The first kappa shape index (κ1) is 45.6. The molecular weight excluding hydrogens is 874 g/mol. The van der Waals surface area contributed by atoms with Crippen LogP contribution in [0.3, 0.4) is 0 Å². The van der Waals surface area contributed by atoms with Gasteiger partial charge in [-0.05, 0) is 57.5 Å². The Bertz CT molecular complexity index is 2570. The zero-order valence-electron chi connectivity index (χ0n) is 34.9. The minimum atomic E-state index is -3.86. The van der Waals surface area contributed by atoms with Crippen LogP contribution in [0.1, 0.15) is 44.4 Å².